The Hall–Kier alpha value is 0. The molecule has 0 fully saturated rings. The van der Waals surface area contributed by atoms with E-state index >= 15 is 0 Å². The summed E-state index contributed by atoms with van der Waals surface area (Å²) in [7, 11) is 0. The number of rotatable bonds is 7. The smallest absolute Gasteiger partial charge is 0.0443 e. The van der Waals surface area contributed by atoms with Gasteiger partial charge in [0.1, 0.15) is 0 Å². The zero-order valence-corrected chi connectivity index (χ0v) is 9.40. The lowest BCUT2D eigenvalue weighted by Gasteiger charge is -2.13. The molecule has 0 bridgehead atoms. The lowest BCUT2D eigenvalue weighted by atomic mass is 9.93. The highest BCUT2D eigenvalue weighted by atomic mass is 14.1. The van der Waals surface area contributed by atoms with Gasteiger partial charge in [-0.25, -0.2) is 0 Å². The van der Waals surface area contributed by atoms with Crippen molar-refractivity contribution in [1.29, 1.82) is 0 Å². The molecule has 0 spiro atoms. The molecule has 12 heavy (non-hydrogen) atoms. The molecule has 74 valence electrons. The summed E-state index contributed by atoms with van der Waals surface area (Å²) < 4.78 is 0. The average molecular weight is 170 g/mol. The molecule has 0 aliphatic heterocycles. The molecule has 0 N–H and O–H groups in total. The van der Waals surface area contributed by atoms with Crippen molar-refractivity contribution in [1.82, 2.24) is 0 Å². The number of unbranched alkanes of at least 4 members (excludes halogenated alkanes) is 1. The predicted octanol–water partition coefficient (Wildman–Crippen LogP) is 4.64. The molecule has 0 nitrogen and oxygen atoms in total. The van der Waals surface area contributed by atoms with E-state index in [2.05, 4.69) is 27.7 Å². The van der Waals surface area contributed by atoms with E-state index < -0.39 is 0 Å². The molecular formula is C12H26. The van der Waals surface area contributed by atoms with Crippen molar-refractivity contribution in [2.24, 2.45) is 11.8 Å². The van der Waals surface area contributed by atoms with Gasteiger partial charge in [-0.1, -0.05) is 66.2 Å². The average Bonchev–Trinajstić information content (AvgIpc) is 2.10. The molecule has 0 aromatic heterocycles. The minimum atomic E-state index is 0.939. The third-order valence-corrected chi connectivity index (χ3v) is 2.90. The summed E-state index contributed by atoms with van der Waals surface area (Å²) in [5.74, 6) is 1.90. The van der Waals surface area contributed by atoms with Crippen LogP contribution in [-0.2, 0) is 0 Å². The van der Waals surface area contributed by atoms with Crippen molar-refractivity contribution in [3.63, 3.8) is 0 Å². The first kappa shape index (κ1) is 12.0. The van der Waals surface area contributed by atoms with Gasteiger partial charge in [0.25, 0.3) is 0 Å². The molecule has 0 aromatic rings. The van der Waals surface area contributed by atoms with Crippen LogP contribution in [0.5, 0.6) is 0 Å². The molecule has 2 atom stereocenters. The zero-order chi connectivity index (χ0) is 9.40. The van der Waals surface area contributed by atoms with Crippen LogP contribution in [0.15, 0.2) is 0 Å². The van der Waals surface area contributed by atoms with Crippen molar-refractivity contribution in [3.05, 3.63) is 0 Å². The second-order valence-corrected chi connectivity index (χ2v) is 4.34. The normalized spacial score (nSPS) is 16.0. The first-order valence-corrected chi connectivity index (χ1v) is 5.70. The van der Waals surface area contributed by atoms with Crippen molar-refractivity contribution >= 4 is 0 Å². The van der Waals surface area contributed by atoms with E-state index in [0.29, 0.717) is 0 Å². The summed E-state index contributed by atoms with van der Waals surface area (Å²) >= 11 is 0. The maximum Gasteiger partial charge on any atom is -0.0443 e. The summed E-state index contributed by atoms with van der Waals surface area (Å²) in [6.07, 6.45) is 8.43. The van der Waals surface area contributed by atoms with Crippen LogP contribution in [0.25, 0.3) is 0 Å². The lowest BCUT2D eigenvalue weighted by molar-refractivity contribution is 0.398. The molecule has 0 saturated heterocycles. The fourth-order valence-electron chi connectivity index (χ4n) is 1.47. The Labute approximate surface area is 78.8 Å². The summed E-state index contributed by atoms with van der Waals surface area (Å²) in [6.45, 7) is 9.34. The van der Waals surface area contributed by atoms with Crippen molar-refractivity contribution in [2.45, 2.75) is 66.2 Å². The fraction of sp³-hybridized carbons (Fsp3) is 1.00. The van der Waals surface area contributed by atoms with Gasteiger partial charge in [0.05, 0.1) is 0 Å². The van der Waals surface area contributed by atoms with Gasteiger partial charge in [0, 0.05) is 0 Å². The first-order valence-electron chi connectivity index (χ1n) is 5.70. The Morgan fingerprint density at radius 1 is 0.833 bits per heavy atom. The van der Waals surface area contributed by atoms with Crippen LogP contribution in [0, 0.1) is 11.8 Å². The van der Waals surface area contributed by atoms with Gasteiger partial charge >= 0.3 is 0 Å². The van der Waals surface area contributed by atoms with Gasteiger partial charge in [-0.05, 0) is 11.8 Å². The quantitative estimate of drug-likeness (QED) is 0.522. The molecule has 0 heterocycles. The summed E-state index contributed by atoms with van der Waals surface area (Å²) in [6, 6.07) is 0. The maximum atomic E-state index is 2.40. The van der Waals surface area contributed by atoms with Crippen LogP contribution in [0.1, 0.15) is 66.2 Å². The molecule has 0 amide bonds. The van der Waals surface area contributed by atoms with Crippen LogP contribution in [0.2, 0.25) is 0 Å². The molecule has 0 unspecified atom stereocenters. The molecule has 0 rings (SSSR count). The highest BCUT2D eigenvalue weighted by Gasteiger charge is 2.04. The Morgan fingerprint density at radius 3 is 1.92 bits per heavy atom. The molecule has 0 aliphatic carbocycles. The van der Waals surface area contributed by atoms with Gasteiger partial charge in [0.15, 0.2) is 0 Å². The first-order chi connectivity index (χ1) is 5.70. The Balaban J connectivity index is 3.24. The monoisotopic (exact) mass is 170 g/mol. The minimum Gasteiger partial charge on any atom is -0.0654 e. The molecule has 0 heteroatoms. The Kier molecular flexibility index (Phi) is 7.64. The Bertz CT molecular complexity index is 86.0. The van der Waals surface area contributed by atoms with E-state index in [0.717, 1.165) is 11.8 Å². The topological polar surface area (TPSA) is 0 Å². The standard InChI is InChI=1S/C12H26/c1-5-7-8-12(4)10-9-11(3)6-2/h11-12H,5-10H2,1-4H3/t11-,12-/m1/s1. The third-order valence-electron chi connectivity index (χ3n) is 2.90. The highest BCUT2D eigenvalue weighted by Crippen LogP contribution is 2.18. The maximum absolute atomic E-state index is 2.40. The van der Waals surface area contributed by atoms with E-state index in [1.165, 1.54) is 38.5 Å². The number of hydrogen-bond acceptors (Lipinski definition) is 0. The molecule has 0 saturated carbocycles. The van der Waals surface area contributed by atoms with Crippen LogP contribution < -0.4 is 0 Å². The minimum absolute atomic E-state index is 0.939. The lowest BCUT2D eigenvalue weighted by Crippen LogP contribution is -1.99. The third kappa shape index (κ3) is 6.69. The molecule has 0 aromatic carbocycles. The van der Waals surface area contributed by atoms with E-state index in [1.807, 2.05) is 0 Å². The predicted molar refractivity (Wildman–Crippen MR) is 57.4 cm³/mol. The van der Waals surface area contributed by atoms with Crippen LogP contribution >= 0.6 is 0 Å². The molecular weight excluding hydrogens is 144 g/mol. The van der Waals surface area contributed by atoms with E-state index in [4.69, 9.17) is 0 Å². The number of hydrogen-bond donors (Lipinski definition) is 0. The van der Waals surface area contributed by atoms with Crippen LogP contribution in [0.4, 0.5) is 0 Å². The highest BCUT2D eigenvalue weighted by molar-refractivity contribution is 4.57. The van der Waals surface area contributed by atoms with Crippen molar-refractivity contribution < 1.29 is 0 Å². The molecule has 0 radical (unpaired) electrons. The second kappa shape index (κ2) is 7.64. The SMILES string of the molecule is CCCC[C@@H](C)CC[C@H](C)CC. The van der Waals surface area contributed by atoms with Gasteiger partial charge in [-0.15, -0.1) is 0 Å². The van der Waals surface area contributed by atoms with Crippen LogP contribution in [0.3, 0.4) is 0 Å². The summed E-state index contributed by atoms with van der Waals surface area (Å²) in [4.78, 5) is 0. The zero-order valence-electron chi connectivity index (χ0n) is 9.40. The van der Waals surface area contributed by atoms with Gasteiger partial charge in [0.2, 0.25) is 0 Å². The Morgan fingerprint density at radius 2 is 1.42 bits per heavy atom. The van der Waals surface area contributed by atoms with E-state index in [1.54, 1.807) is 0 Å². The molecule has 0 aliphatic rings. The summed E-state index contributed by atoms with van der Waals surface area (Å²) in [5, 5.41) is 0. The summed E-state index contributed by atoms with van der Waals surface area (Å²) in [5.41, 5.74) is 0. The van der Waals surface area contributed by atoms with Gasteiger partial charge < -0.3 is 0 Å². The fourth-order valence-corrected chi connectivity index (χ4v) is 1.47. The van der Waals surface area contributed by atoms with E-state index in [-0.39, 0.29) is 0 Å². The largest absolute Gasteiger partial charge is 0.0654 e. The van der Waals surface area contributed by atoms with Crippen molar-refractivity contribution in [3.8, 4) is 0 Å². The second-order valence-electron chi connectivity index (χ2n) is 4.34. The van der Waals surface area contributed by atoms with Crippen molar-refractivity contribution in [2.75, 3.05) is 0 Å². The van der Waals surface area contributed by atoms with E-state index in [9.17, 15) is 0 Å². The van der Waals surface area contributed by atoms with Gasteiger partial charge in [-0.2, -0.15) is 0 Å². The van der Waals surface area contributed by atoms with Gasteiger partial charge in [-0.3, -0.25) is 0 Å². The van der Waals surface area contributed by atoms with Crippen LogP contribution in [-0.4, -0.2) is 0 Å².